The van der Waals surface area contributed by atoms with Crippen molar-refractivity contribution in [2.24, 2.45) is 4.99 Å². The molecule has 0 atom stereocenters. The lowest BCUT2D eigenvalue weighted by molar-refractivity contribution is 0.960. The molecule has 0 saturated carbocycles. The summed E-state index contributed by atoms with van der Waals surface area (Å²) in [5, 5.41) is 5.86. The average molecular weight is 235 g/mol. The van der Waals surface area contributed by atoms with Crippen LogP contribution in [0.5, 0.6) is 0 Å². The molecule has 0 radical (unpaired) electrons. The van der Waals surface area contributed by atoms with Crippen molar-refractivity contribution in [3.8, 4) is 0 Å². The van der Waals surface area contributed by atoms with Crippen molar-refractivity contribution in [2.45, 2.75) is 0 Å². The van der Waals surface area contributed by atoms with E-state index in [2.05, 4.69) is 57.8 Å². The zero-order chi connectivity index (χ0) is 11.9. The molecule has 88 valence electrons. The first-order valence-corrected chi connectivity index (χ1v) is 6.21. The van der Waals surface area contributed by atoms with Crippen molar-refractivity contribution in [1.82, 2.24) is 10.3 Å². The van der Waals surface area contributed by atoms with Crippen LogP contribution >= 0.6 is 0 Å². The fraction of sp³-hybridized carbons (Fsp3) is 0.133. The first-order chi connectivity index (χ1) is 8.92. The molecule has 1 aliphatic rings. The summed E-state index contributed by atoms with van der Waals surface area (Å²) >= 11 is 0. The Labute approximate surface area is 105 Å². The van der Waals surface area contributed by atoms with Gasteiger partial charge in [-0.05, 0) is 12.1 Å². The minimum absolute atomic E-state index is 0.875. The zero-order valence-corrected chi connectivity index (χ0v) is 9.90. The molecule has 1 aliphatic heterocycles. The molecule has 0 aliphatic carbocycles. The van der Waals surface area contributed by atoms with Crippen LogP contribution in [0.15, 0.2) is 47.5 Å². The number of fused-ring (bicyclic) bond motifs is 3. The summed E-state index contributed by atoms with van der Waals surface area (Å²) in [5.41, 5.74) is 3.52. The van der Waals surface area contributed by atoms with Gasteiger partial charge in [-0.1, -0.05) is 30.3 Å². The van der Waals surface area contributed by atoms with Crippen LogP contribution in [-0.2, 0) is 0 Å². The predicted molar refractivity (Wildman–Crippen MR) is 75.2 cm³/mol. The van der Waals surface area contributed by atoms with Gasteiger partial charge in [-0.25, -0.2) is 0 Å². The summed E-state index contributed by atoms with van der Waals surface area (Å²) in [4.78, 5) is 7.92. The summed E-state index contributed by atoms with van der Waals surface area (Å²) in [6.45, 7) is 1.82. The molecule has 0 amide bonds. The highest BCUT2D eigenvalue weighted by Gasteiger charge is 2.10. The first-order valence-electron chi connectivity index (χ1n) is 6.21. The van der Waals surface area contributed by atoms with Gasteiger partial charge < -0.3 is 10.3 Å². The van der Waals surface area contributed by atoms with Crippen LogP contribution in [-0.4, -0.2) is 23.9 Å². The molecule has 0 saturated heterocycles. The normalized spacial score (nSPS) is 15.0. The zero-order valence-electron chi connectivity index (χ0n) is 9.90. The van der Waals surface area contributed by atoms with Gasteiger partial charge in [0.1, 0.15) is 5.84 Å². The van der Waals surface area contributed by atoms with Gasteiger partial charge in [-0.3, -0.25) is 4.99 Å². The van der Waals surface area contributed by atoms with E-state index >= 15 is 0 Å². The Kier molecular flexibility index (Phi) is 1.94. The summed E-state index contributed by atoms with van der Waals surface area (Å²) in [5.74, 6) is 1.01. The van der Waals surface area contributed by atoms with Gasteiger partial charge in [0.25, 0.3) is 0 Å². The molecule has 0 fully saturated rings. The van der Waals surface area contributed by atoms with Gasteiger partial charge in [-0.15, -0.1) is 0 Å². The van der Waals surface area contributed by atoms with Crippen LogP contribution < -0.4 is 5.32 Å². The molecule has 18 heavy (non-hydrogen) atoms. The second-order valence-corrected chi connectivity index (χ2v) is 4.59. The Balaban J connectivity index is 1.97. The van der Waals surface area contributed by atoms with Crippen LogP contribution in [0, 0.1) is 0 Å². The van der Waals surface area contributed by atoms with E-state index in [1.165, 1.54) is 21.8 Å². The Bertz CT molecular complexity index is 768. The number of nitrogens with one attached hydrogen (secondary N) is 2. The molecule has 3 nitrogen and oxygen atoms in total. The van der Waals surface area contributed by atoms with E-state index in [0.29, 0.717) is 0 Å². The quantitative estimate of drug-likeness (QED) is 0.669. The Hall–Kier alpha value is -2.29. The first kappa shape index (κ1) is 9.71. The highest BCUT2D eigenvalue weighted by Crippen LogP contribution is 2.25. The third-order valence-electron chi connectivity index (χ3n) is 3.45. The van der Waals surface area contributed by atoms with Crippen molar-refractivity contribution in [3.63, 3.8) is 0 Å². The molecule has 2 heterocycles. The van der Waals surface area contributed by atoms with Crippen molar-refractivity contribution in [1.29, 1.82) is 0 Å². The highest BCUT2D eigenvalue weighted by molar-refractivity contribution is 6.10. The number of nitrogens with zero attached hydrogens (tertiary/aromatic N) is 1. The van der Waals surface area contributed by atoms with Crippen molar-refractivity contribution in [2.75, 3.05) is 13.1 Å². The topological polar surface area (TPSA) is 40.2 Å². The summed E-state index contributed by atoms with van der Waals surface area (Å²) < 4.78 is 0. The molecule has 1 aromatic heterocycles. The number of hydrogen-bond acceptors (Lipinski definition) is 2. The van der Waals surface area contributed by atoms with E-state index < -0.39 is 0 Å². The fourth-order valence-corrected chi connectivity index (χ4v) is 2.59. The van der Waals surface area contributed by atoms with E-state index in [0.717, 1.165) is 24.5 Å². The number of aliphatic imine (C=N–C) groups is 1. The van der Waals surface area contributed by atoms with Crippen LogP contribution in [0.2, 0.25) is 0 Å². The predicted octanol–water partition coefficient (Wildman–Crippen LogP) is 2.67. The maximum atomic E-state index is 4.46. The number of rotatable bonds is 1. The standard InChI is InChI=1S/C15H13N3/c1-2-4-13-11(3-1)12-6-5-10(9-14(12)18-13)15-16-7-8-17-15/h1-6,9,18H,7-8H2,(H,16,17). The van der Waals surface area contributed by atoms with Crippen LogP contribution in [0.25, 0.3) is 21.8 Å². The number of benzene rings is 2. The number of hydrogen-bond donors (Lipinski definition) is 2. The molecule has 2 N–H and O–H groups in total. The minimum Gasteiger partial charge on any atom is -0.368 e. The molecular weight excluding hydrogens is 222 g/mol. The number of aromatic nitrogens is 1. The Morgan fingerprint density at radius 3 is 2.72 bits per heavy atom. The van der Waals surface area contributed by atoms with E-state index in [-0.39, 0.29) is 0 Å². The minimum atomic E-state index is 0.875. The molecule has 0 spiro atoms. The molecule has 0 unspecified atom stereocenters. The molecule has 3 aromatic rings. The third kappa shape index (κ3) is 1.34. The van der Waals surface area contributed by atoms with Gasteiger partial charge in [0.2, 0.25) is 0 Å². The molecule has 2 aromatic carbocycles. The number of amidine groups is 1. The fourth-order valence-electron chi connectivity index (χ4n) is 2.59. The molecule has 4 rings (SSSR count). The van der Waals surface area contributed by atoms with E-state index in [1.807, 2.05) is 0 Å². The number of aromatic amines is 1. The largest absolute Gasteiger partial charge is 0.368 e. The van der Waals surface area contributed by atoms with Crippen LogP contribution in [0.3, 0.4) is 0 Å². The molecule has 3 heteroatoms. The van der Waals surface area contributed by atoms with Gasteiger partial charge in [0.05, 0.1) is 6.54 Å². The maximum Gasteiger partial charge on any atom is 0.128 e. The monoisotopic (exact) mass is 235 g/mol. The SMILES string of the molecule is c1ccc2c(c1)[nH]c1cc(C3=NCCN3)ccc12. The Morgan fingerprint density at radius 2 is 1.83 bits per heavy atom. The summed E-state index contributed by atoms with van der Waals surface area (Å²) in [6.07, 6.45) is 0. The van der Waals surface area contributed by atoms with E-state index in [1.54, 1.807) is 0 Å². The van der Waals surface area contributed by atoms with Gasteiger partial charge in [0, 0.05) is 33.9 Å². The van der Waals surface area contributed by atoms with E-state index in [4.69, 9.17) is 0 Å². The lowest BCUT2D eigenvalue weighted by Gasteiger charge is -2.02. The molecular formula is C15H13N3. The second-order valence-electron chi connectivity index (χ2n) is 4.59. The van der Waals surface area contributed by atoms with Crippen molar-refractivity contribution < 1.29 is 0 Å². The number of H-pyrrole nitrogens is 1. The second kappa shape index (κ2) is 3.60. The lowest BCUT2D eigenvalue weighted by atomic mass is 10.1. The maximum absolute atomic E-state index is 4.46. The van der Waals surface area contributed by atoms with Gasteiger partial charge in [0.15, 0.2) is 0 Å². The van der Waals surface area contributed by atoms with Crippen LogP contribution in [0.4, 0.5) is 0 Å². The van der Waals surface area contributed by atoms with Gasteiger partial charge in [-0.2, -0.15) is 0 Å². The van der Waals surface area contributed by atoms with Crippen molar-refractivity contribution in [3.05, 3.63) is 48.0 Å². The lowest BCUT2D eigenvalue weighted by Crippen LogP contribution is -2.19. The van der Waals surface area contributed by atoms with Gasteiger partial charge >= 0.3 is 0 Å². The smallest absolute Gasteiger partial charge is 0.128 e. The summed E-state index contributed by atoms with van der Waals surface area (Å²) in [6, 6.07) is 14.9. The van der Waals surface area contributed by atoms with Crippen LogP contribution in [0.1, 0.15) is 5.56 Å². The van der Waals surface area contributed by atoms with Crippen molar-refractivity contribution >= 4 is 27.6 Å². The van der Waals surface area contributed by atoms with E-state index in [9.17, 15) is 0 Å². The summed E-state index contributed by atoms with van der Waals surface area (Å²) in [7, 11) is 0. The third-order valence-corrected chi connectivity index (χ3v) is 3.45. The highest BCUT2D eigenvalue weighted by atomic mass is 15.1. The Morgan fingerprint density at radius 1 is 0.944 bits per heavy atom. The average Bonchev–Trinajstić information content (AvgIpc) is 3.05. The number of para-hydroxylation sites is 1. The molecule has 0 bridgehead atoms.